The summed E-state index contributed by atoms with van der Waals surface area (Å²) in [5, 5.41) is 3.62. The molecule has 14 heavy (non-hydrogen) atoms. The summed E-state index contributed by atoms with van der Waals surface area (Å²) in [6.45, 7) is 3.53. The molecule has 1 heteroatoms. The number of rotatable bonds is 2. The van der Waals surface area contributed by atoms with Crippen LogP contribution < -0.4 is 5.32 Å². The van der Waals surface area contributed by atoms with E-state index in [0.29, 0.717) is 12.0 Å². The predicted molar refractivity (Wildman–Crippen MR) is 60.5 cm³/mol. The van der Waals surface area contributed by atoms with Gasteiger partial charge in [0.2, 0.25) is 0 Å². The van der Waals surface area contributed by atoms with E-state index in [-0.39, 0.29) is 0 Å². The third-order valence-electron chi connectivity index (χ3n) is 3.28. The first-order valence-electron chi connectivity index (χ1n) is 5.66. The molecule has 2 atom stereocenters. The largest absolute Gasteiger partial charge is 0.313 e. The van der Waals surface area contributed by atoms with Gasteiger partial charge in [-0.2, -0.15) is 0 Å². The molecule has 0 unspecified atom stereocenters. The van der Waals surface area contributed by atoms with Crippen LogP contribution in [0.1, 0.15) is 37.7 Å². The molecule has 1 N–H and O–H groups in total. The zero-order chi connectivity index (χ0) is 9.80. The van der Waals surface area contributed by atoms with E-state index in [4.69, 9.17) is 0 Å². The molecule has 1 aromatic carbocycles. The van der Waals surface area contributed by atoms with Crippen LogP contribution in [-0.4, -0.2) is 12.6 Å². The SMILES string of the molecule is C[C@H](c1ccccc1)[C@@H]1CCCCN1. The summed E-state index contributed by atoms with van der Waals surface area (Å²) >= 11 is 0. The van der Waals surface area contributed by atoms with Crippen molar-refractivity contribution in [1.82, 2.24) is 5.32 Å². The van der Waals surface area contributed by atoms with Crippen molar-refractivity contribution in [1.29, 1.82) is 0 Å². The van der Waals surface area contributed by atoms with Gasteiger partial charge in [0.1, 0.15) is 0 Å². The van der Waals surface area contributed by atoms with Crippen LogP contribution >= 0.6 is 0 Å². The molecular formula is C13H19N. The van der Waals surface area contributed by atoms with Gasteiger partial charge in [-0.05, 0) is 30.9 Å². The second-order valence-corrected chi connectivity index (χ2v) is 4.26. The average Bonchev–Trinajstić information content (AvgIpc) is 2.30. The smallest absolute Gasteiger partial charge is 0.0133 e. The Bertz CT molecular complexity index is 262. The quantitative estimate of drug-likeness (QED) is 0.754. The van der Waals surface area contributed by atoms with Gasteiger partial charge in [-0.15, -0.1) is 0 Å². The third kappa shape index (κ3) is 2.16. The molecule has 0 bridgehead atoms. The molecule has 1 fully saturated rings. The molecule has 1 aliphatic rings. The Hall–Kier alpha value is -0.820. The molecule has 1 aliphatic heterocycles. The summed E-state index contributed by atoms with van der Waals surface area (Å²) in [6, 6.07) is 11.5. The van der Waals surface area contributed by atoms with Crippen molar-refractivity contribution in [2.45, 2.75) is 38.1 Å². The van der Waals surface area contributed by atoms with Crippen molar-refractivity contribution in [2.24, 2.45) is 0 Å². The molecule has 0 saturated carbocycles. The number of hydrogen-bond donors (Lipinski definition) is 1. The molecule has 0 spiro atoms. The molecule has 0 radical (unpaired) electrons. The summed E-state index contributed by atoms with van der Waals surface area (Å²) in [6.07, 6.45) is 4.06. The predicted octanol–water partition coefficient (Wildman–Crippen LogP) is 2.93. The van der Waals surface area contributed by atoms with Crippen LogP contribution in [-0.2, 0) is 0 Å². The van der Waals surface area contributed by atoms with Gasteiger partial charge >= 0.3 is 0 Å². The van der Waals surface area contributed by atoms with Crippen molar-refractivity contribution in [2.75, 3.05) is 6.54 Å². The monoisotopic (exact) mass is 189 g/mol. The van der Waals surface area contributed by atoms with E-state index in [1.807, 2.05) is 0 Å². The maximum atomic E-state index is 3.62. The van der Waals surface area contributed by atoms with Crippen LogP contribution in [0.3, 0.4) is 0 Å². The van der Waals surface area contributed by atoms with E-state index in [1.54, 1.807) is 0 Å². The van der Waals surface area contributed by atoms with Gasteiger partial charge in [-0.1, -0.05) is 43.7 Å². The maximum absolute atomic E-state index is 3.62. The Labute approximate surface area is 86.5 Å². The highest BCUT2D eigenvalue weighted by molar-refractivity contribution is 5.20. The van der Waals surface area contributed by atoms with Gasteiger partial charge in [0.25, 0.3) is 0 Å². The van der Waals surface area contributed by atoms with E-state index in [0.717, 1.165) is 0 Å². The number of hydrogen-bond acceptors (Lipinski definition) is 1. The second kappa shape index (κ2) is 4.61. The highest BCUT2D eigenvalue weighted by Gasteiger charge is 2.20. The first-order chi connectivity index (χ1) is 6.88. The lowest BCUT2D eigenvalue weighted by molar-refractivity contribution is 0.361. The van der Waals surface area contributed by atoms with Crippen LogP contribution in [0, 0.1) is 0 Å². The molecule has 76 valence electrons. The van der Waals surface area contributed by atoms with Crippen LogP contribution in [0.25, 0.3) is 0 Å². The lowest BCUT2D eigenvalue weighted by Crippen LogP contribution is -2.37. The van der Waals surface area contributed by atoms with Gasteiger partial charge in [0.05, 0.1) is 0 Å². The molecule has 0 amide bonds. The van der Waals surface area contributed by atoms with Crippen molar-refractivity contribution < 1.29 is 0 Å². The Balaban J connectivity index is 2.03. The van der Waals surface area contributed by atoms with Crippen LogP contribution in [0.5, 0.6) is 0 Å². The Morgan fingerprint density at radius 1 is 1.21 bits per heavy atom. The molecule has 0 aromatic heterocycles. The summed E-state index contributed by atoms with van der Waals surface area (Å²) in [5.74, 6) is 0.650. The maximum Gasteiger partial charge on any atom is 0.0133 e. The Morgan fingerprint density at radius 3 is 2.64 bits per heavy atom. The summed E-state index contributed by atoms with van der Waals surface area (Å²) in [5.41, 5.74) is 1.46. The number of nitrogens with one attached hydrogen (secondary N) is 1. The normalized spacial score (nSPS) is 24.5. The minimum Gasteiger partial charge on any atom is -0.313 e. The lowest BCUT2D eigenvalue weighted by atomic mass is 9.88. The molecule has 1 heterocycles. The lowest BCUT2D eigenvalue weighted by Gasteiger charge is -2.29. The minimum atomic E-state index is 0.650. The fourth-order valence-corrected chi connectivity index (χ4v) is 2.29. The molecular weight excluding hydrogens is 170 g/mol. The first-order valence-corrected chi connectivity index (χ1v) is 5.66. The minimum absolute atomic E-state index is 0.650. The van der Waals surface area contributed by atoms with E-state index >= 15 is 0 Å². The van der Waals surface area contributed by atoms with Crippen LogP contribution in [0.4, 0.5) is 0 Å². The van der Waals surface area contributed by atoms with E-state index in [2.05, 4.69) is 42.6 Å². The third-order valence-corrected chi connectivity index (χ3v) is 3.28. The highest BCUT2D eigenvalue weighted by atomic mass is 14.9. The molecule has 1 saturated heterocycles. The topological polar surface area (TPSA) is 12.0 Å². The standard InChI is InChI=1S/C13H19N/c1-11(12-7-3-2-4-8-12)13-9-5-6-10-14-13/h2-4,7-8,11,13-14H,5-6,9-10H2,1H3/t11-,13+/m1/s1. The summed E-state index contributed by atoms with van der Waals surface area (Å²) in [4.78, 5) is 0. The zero-order valence-electron chi connectivity index (χ0n) is 8.87. The second-order valence-electron chi connectivity index (χ2n) is 4.26. The fraction of sp³-hybridized carbons (Fsp3) is 0.538. The molecule has 1 nitrogen and oxygen atoms in total. The average molecular weight is 189 g/mol. The highest BCUT2D eigenvalue weighted by Crippen LogP contribution is 2.24. The molecule has 0 aliphatic carbocycles. The first kappa shape index (κ1) is 9.72. The van der Waals surface area contributed by atoms with Gasteiger partial charge in [-0.3, -0.25) is 0 Å². The summed E-state index contributed by atoms with van der Waals surface area (Å²) in [7, 11) is 0. The van der Waals surface area contributed by atoms with Gasteiger partial charge in [-0.25, -0.2) is 0 Å². The summed E-state index contributed by atoms with van der Waals surface area (Å²) < 4.78 is 0. The van der Waals surface area contributed by atoms with E-state index in [1.165, 1.54) is 31.4 Å². The molecule has 1 aromatic rings. The number of benzene rings is 1. The Kier molecular flexibility index (Phi) is 3.20. The van der Waals surface area contributed by atoms with Gasteiger partial charge in [0, 0.05) is 6.04 Å². The van der Waals surface area contributed by atoms with Gasteiger partial charge in [0.15, 0.2) is 0 Å². The van der Waals surface area contributed by atoms with Crippen molar-refractivity contribution in [3.8, 4) is 0 Å². The van der Waals surface area contributed by atoms with Crippen molar-refractivity contribution in [3.05, 3.63) is 35.9 Å². The van der Waals surface area contributed by atoms with E-state index < -0.39 is 0 Å². The van der Waals surface area contributed by atoms with E-state index in [9.17, 15) is 0 Å². The van der Waals surface area contributed by atoms with Crippen molar-refractivity contribution >= 4 is 0 Å². The Morgan fingerprint density at radius 2 is 2.00 bits per heavy atom. The molecule has 2 rings (SSSR count). The van der Waals surface area contributed by atoms with Crippen molar-refractivity contribution in [3.63, 3.8) is 0 Å². The number of piperidine rings is 1. The fourth-order valence-electron chi connectivity index (χ4n) is 2.29. The zero-order valence-corrected chi connectivity index (χ0v) is 8.87. The van der Waals surface area contributed by atoms with Gasteiger partial charge < -0.3 is 5.32 Å². The van der Waals surface area contributed by atoms with Crippen LogP contribution in [0.2, 0.25) is 0 Å². The van der Waals surface area contributed by atoms with Crippen LogP contribution in [0.15, 0.2) is 30.3 Å².